The molecule has 0 bridgehead atoms. The van der Waals surface area contributed by atoms with E-state index in [0.29, 0.717) is 55.0 Å². The van der Waals surface area contributed by atoms with Crippen molar-refractivity contribution in [1.82, 2.24) is 25.3 Å². The summed E-state index contributed by atoms with van der Waals surface area (Å²) in [5.41, 5.74) is 16.0. The summed E-state index contributed by atoms with van der Waals surface area (Å²) in [5.74, 6) is -0.137. The first-order valence-electron chi connectivity index (χ1n) is 37.8. The van der Waals surface area contributed by atoms with Gasteiger partial charge in [0.15, 0.2) is 21.7 Å². The molecule has 7 aromatic rings. The van der Waals surface area contributed by atoms with Crippen LogP contribution in [0.15, 0.2) is 206 Å². The third kappa shape index (κ3) is 22.2. The minimum absolute atomic E-state index is 0.0308. The largest absolute Gasteiger partial charge is 0.375 e. The summed E-state index contributed by atoms with van der Waals surface area (Å²) in [7, 11) is -16.3. The molecule has 0 unspecified atom stereocenters. The number of imide groups is 1. The standard InChI is InChI=1S/C42H42N6O11S2.C39H39ClN10O9S2/c1-47(22-8-4-2-3-5-10-29(49)11-9-23-48-36(50)20-21-37(48)51)28-17-14-26(15-18-28)45-46-27-16-19-32(34(24-27)60(54,55)56)44-33-25-35(61(57,58)59)40(43)39-38(33)41(52)30-12-6-7-13-31(30)42(39)53;1-22-42-38(40)45-39(43-22)49-48-32(51)12-6-4-3-5-9-19-50(2)25-16-13-23(14-17-25)46-47-24-15-18-28(30(20-24)60(54,55)56)44-29-21-31(61(57,58)59)35(41)34-33(29)36(52)26-10-7-8-11-27(26)37(34)53/h6-7,12-21,24-25,43,45-46H,2-5,8-11,22-23H2,1H3,(H,54,55,56)(H,57,58,59);7-8,10-11,13-18,20-21,41,46-47H,3-6,9,12,19H2,1-2H3,(H,48,51)(H,54,55,56)(H,57,58,59)(H,42,43,45,49). The number of hydrogen-bond acceptors (Lipinski definition) is 30. The molecule has 1 aliphatic heterocycles. The van der Waals surface area contributed by atoms with Gasteiger partial charge in [-0.3, -0.25) is 83.1 Å². The molecule has 3 amide bonds. The van der Waals surface area contributed by atoms with Crippen molar-refractivity contribution in [2.75, 3.05) is 70.7 Å². The zero-order valence-corrected chi connectivity index (χ0v) is 69.5. The minimum Gasteiger partial charge on any atom is -0.375 e. The highest BCUT2D eigenvalue weighted by atomic mass is 35.5. The van der Waals surface area contributed by atoms with E-state index in [2.05, 4.69) is 67.3 Å². The summed E-state index contributed by atoms with van der Waals surface area (Å²) in [5, 5.41) is 11.5. The van der Waals surface area contributed by atoms with Crippen molar-refractivity contribution in [1.29, 1.82) is 10.8 Å². The van der Waals surface area contributed by atoms with E-state index >= 15 is 0 Å². The lowest BCUT2D eigenvalue weighted by Crippen LogP contribution is -2.32. The Bertz CT molecular complexity index is 7070. The number of ketones is 1. The Kier molecular flexibility index (Phi) is 28.6. The Balaban J connectivity index is 0.000000238. The second kappa shape index (κ2) is 38.7. The van der Waals surface area contributed by atoms with E-state index < -0.39 is 135 Å². The number of fused-ring (bicyclic) bond motifs is 2. The molecule has 0 fully saturated rings. The molecule has 6 aromatic carbocycles. The number of aromatic nitrogens is 3. The third-order valence-electron chi connectivity index (χ3n) is 19.7. The number of nitrogens with one attached hydrogen (secondary N) is 8. The molecule has 2 heterocycles. The monoisotopic (exact) mass is 1760 g/mol. The van der Waals surface area contributed by atoms with Gasteiger partial charge >= 0.3 is 0 Å². The first kappa shape index (κ1) is 90.0. The summed E-state index contributed by atoms with van der Waals surface area (Å²) in [6, 6.07) is 34.7. The van der Waals surface area contributed by atoms with Crippen LogP contribution >= 0.6 is 11.6 Å². The summed E-state index contributed by atoms with van der Waals surface area (Å²) in [4.78, 5) is 124. The van der Waals surface area contributed by atoms with Crippen molar-refractivity contribution < 1.29 is 71.1 Å². The van der Waals surface area contributed by atoms with Crippen LogP contribution in [-0.4, -0.2) is 129 Å². The average Bonchev–Trinajstić information content (AvgIpc) is 0.770. The molecule has 1 aromatic heterocycles. The maximum Gasteiger partial charge on any atom is 0.296 e. The highest BCUT2D eigenvalue weighted by Gasteiger charge is 2.26. The normalized spacial score (nSPS) is 12.8. The van der Waals surface area contributed by atoms with E-state index in [-0.39, 0.29) is 74.2 Å². The van der Waals surface area contributed by atoms with Crippen molar-refractivity contribution in [3.63, 3.8) is 0 Å². The molecule has 636 valence electrons. The quantitative estimate of drug-likeness (QED) is 0.00773. The molecule has 12 rings (SSSR count). The van der Waals surface area contributed by atoms with E-state index in [4.69, 9.17) is 22.4 Å². The lowest BCUT2D eigenvalue weighted by atomic mass is 10.0. The van der Waals surface area contributed by atoms with Gasteiger partial charge in [0.25, 0.3) is 52.3 Å². The van der Waals surface area contributed by atoms with Gasteiger partial charge in [0.1, 0.15) is 31.2 Å². The number of nitrogens with zero attached hydrogens (tertiary/aromatic N) is 8. The number of unbranched alkanes of at least 4 members (excludes halogenated alkanes) is 8. The summed E-state index contributed by atoms with van der Waals surface area (Å²) in [6.07, 6.45) is 13.2. The first-order chi connectivity index (χ1) is 57.8. The van der Waals surface area contributed by atoms with E-state index in [1.807, 2.05) is 38.4 Å². The number of anilines is 7. The van der Waals surface area contributed by atoms with Crippen LogP contribution in [0.2, 0.25) is 5.28 Å². The molecule has 0 saturated carbocycles. The number of carbonyl (C=O) groups is 4. The van der Waals surface area contributed by atoms with Gasteiger partial charge in [0, 0.05) is 98.1 Å². The maximum atomic E-state index is 13.6. The highest BCUT2D eigenvalue weighted by molar-refractivity contribution is 7.86. The van der Waals surface area contributed by atoms with Crippen molar-refractivity contribution in [3.05, 3.63) is 252 Å². The molecule has 36 nitrogen and oxygen atoms in total. The smallest absolute Gasteiger partial charge is 0.296 e. The Morgan fingerprint density at radius 3 is 1.20 bits per heavy atom. The Labute approximate surface area is 700 Å². The summed E-state index contributed by atoms with van der Waals surface area (Å²) < 4.78 is 140. The van der Waals surface area contributed by atoms with Gasteiger partial charge in [-0.25, -0.2) is 15.0 Å². The molecule has 122 heavy (non-hydrogen) atoms. The van der Waals surface area contributed by atoms with Crippen LogP contribution in [0.5, 0.6) is 0 Å². The molecular formula is C81H81ClN16O20S4. The molecule has 0 radical (unpaired) electrons. The number of halogens is 1. The van der Waals surface area contributed by atoms with Gasteiger partial charge in [-0.1, -0.05) is 87.1 Å². The maximum absolute atomic E-state index is 13.6. The Morgan fingerprint density at radius 1 is 0.434 bits per heavy atom. The van der Waals surface area contributed by atoms with E-state index in [0.717, 1.165) is 106 Å². The zero-order valence-electron chi connectivity index (χ0n) is 65.4. The van der Waals surface area contributed by atoms with Crippen LogP contribution in [0.25, 0.3) is 21.5 Å². The van der Waals surface area contributed by atoms with Crippen molar-refractivity contribution >= 4 is 149 Å². The fraction of sp³-hybridized carbons (Fsp3) is 0.247. The SMILES string of the molecule is CN(CCCCCCCC(=O)CCCN1C(=O)C=CC1=O)c1ccc(NNc2ccc(N=c3cc(S(=O)(=O)O)c(=N)c4c(=O)c5ccccc5c(=O)c3=4)c(S(=O)(=O)O)c2)cc1.Cc1nc(Cl)nc(NNC(=O)CCCCCCCN(C)c2ccc(NNc3ccc(N=c4cc(S(=O)(=O)O)c(=N)c5c(=O)c6ccccc6c(=O)c4=5)c(S(=O)(=O)O)c3)cc2)n1. The number of hydrazine groups is 3. The van der Waals surface area contributed by atoms with E-state index in [1.54, 1.807) is 31.2 Å². The minimum atomic E-state index is -5.13. The van der Waals surface area contributed by atoms with E-state index in [9.17, 15) is 90.2 Å². The molecule has 5 aliphatic rings. The molecule has 41 heteroatoms. The topological polar surface area (TPSA) is 547 Å². The predicted octanol–water partition coefficient (Wildman–Crippen LogP) is 7.73. The Morgan fingerprint density at radius 2 is 0.795 bits per heavy atom. The van der Waals surface area contributed by atoms with Gasteiger partial charge in [0.05, 0.1) is 76.4 Å². The number of carbonyl (C=O) groups excluding carboxylic acids is 4. The lowest BCUT2D eigenvalue weighted by Gasteiger charge is -2.20. The summed E-state index contributed by atoms with van der Waals surface area (Å²) in [6.45, 7) is 3.51. The fourth-order valence-electron chi connectivity index (χ4n) is 13.5. The Hall–Kier alpha value is -12.8. The van der Waals surface area contributed by atoms with Gasteiger partial charge in [0.2, 0.25) is 17.1 Å². The number of benzene rings is 6. The molecule has 0 atom stereocenters. The number of rotatable bonds is 36. The van der Waals surface area contributed by atoms with Gasteiger partial charge < -0.3 is 31.5 Å². The fourth-order valence-corrected chi connectivity index (χ4v) is 16.3. The van der Waals surface area contributed by atoms with E-state index in [1.165, 1.54) is 84.9 Å². The van der Waals surface area contributed by atoms with Gasteiger partial charge in [-0.2, -0.15) is 43.6 Å². The molecule has 12 N–H and O–H groups in total. The molecule has 4 aliphatic carbocycles. The second-order valence-electron chi connectivity index (χ2n) is 28.4. The third-order valence-corrected chi connectivity index (χ3v) is 23.4. The summed E-state index contributed by atoms with van der Waals surface area (Å²) >= 11 is 5.80. The van der Waals surface area contributed by atoms with Crippen LogP contribution in [-0.2, 0) is 59.7 Å². The average molecular weight is 1760 g/mol. The van der Waals surface area contributed by atoms with Crippen LogP contribution in [0.3, 0.4) is 0 Å². The van der Waals surface area contributed by atoms with Crippen LogP contribution in [0, 0.1) is 38.6 Å². The second-order valence-corrected chi connectivity index (χ2v) is 34.3. The highest BCUT2D eigenvalue weighted by Crippen LogP contribution is 2.31. The molecule has 0 spiro atoms. The number of aryl methyl sites for hydroxylation is 1. The lowest BCUT2D eigenvalue weighted by molar-refractivity contribution is -0.137. The molecule has 0 saturated heterocycles. The van der Waals surface area contributed by atoms with Crippen molar-refractivity contribution in [2.45, 2.75) is 116 Å². The number of Topliss-reactive ketones (excluding diaryl/α,β-unsaturated/α-hetero) is 1. The van der Waals surface area contributed by atoms with Crippen LogP contribution in [0.4, 0.5) is 51.4 Å². The number of amides is 3. The van der Waals surface area contributed by atoms with Gasteiger partial charge in [-0.05, 0) is 148 Å². The number of hydrogen-bond donors (Lipinski definition) is 12. The van der Waals surface area contributed by atoms with Crippen molar-refractivity contribution in [2.24, 2.45) is 9.98 Å². The molecular weight excluding hydrogens is 1680 g/mol. The first-order valence-corrected chi connectivity index (χ1v) is 44.0. The van der Waals surface area contributed by atoms with Crippen LogP contribution in [0.1, 0.15) is 95.7 Å². The van der Waals surface area contributed by atoms with Gasteiger partial charge in [-0.15, -0.1) is 0 Å². The van der Waals surface area contributed by atoms with Crippen molar-refractivity contribution in [3.8, 4) is 0 Å². The zero-order chi connectivity index (χ0) is 88.1. The predicted molar refractivity (Wildman–Crippen MR) is 453 cm³/mol. The van der Waals surface area contributed by atoms with Crippen LogP contribution < -0.4 is 85.5 Å².